The minimum Gasteiger partial charge on any atom is -0.347 e. The highest BCUT2D eigenvalue weighted by Gasteiger charge is 2.22. The Morgan fingerprint density at radius 1 is 1.08 bits per heavy atom. The molecule has 2 aromatic rings. The monoisotopic (exact) mass is 346 g/mol. The van der Waals surface area contributed by atoms with Gasteiger partial charge in [-0.2, -0.15) is 0 Å². The second-order valence-electron chi connectivity index (χ2n) is 7.00. The topological polar surface area (TPSA) is 57.9 Å². The van der Waals surface area contributed by atoms with Gasteiger partial charge in [0.15, 0.2) is 0 Å². The molecule has 3 N–H and O–H groups in total. The number of aromatic nitrogens is 2. The molecule has 1 saturated carbocycles. The Kier molecular flexibility index (Phi) is 6.30. The van der Waals surface area contributed by atoms with E-state index in [2.05, 4.69) is 27.0 Å². The summed E-state index contributed by atoms with van der Waals surface area (Å²) in [5.74, 6) is 1.50. The molecule has 4 nitrogen and oxygen atoms in total. The van der Waals surface area contributed by atoms with Gasteiger partial charge in [-0.25, -0.2) is 4.98 Å². The molecule has 0 radical (unpaired) electrons. The lowest BCUT2D eigenvalue weighted by molar-refractivity contribution is 0.169. The number of nitrogens with zero attached hydrogens (tertiary/aromatic N) is 2. The summed E-state index contributed by atoms with van der Waals surface area (Å²) < 4.78 is 0. The smallest absolute Gasteiger partial charge is 0.0922 e. The van der Waals surface area contributed by atoms with Crippen molar-refractivity contribution >= 4 is 11.6 Å². The van der Waals surface area contributed by atoms with E-state index in [-0.39, 0.29) is 0 Å². The predicted molar refractivity (Wildman–Crippen MR) is 98.7 cm³/mol. The molecule has 0 amide bonds. The maximum atomic E-state index is 6.01. The van der Waals surface area contributed by atoms with Crippen molar-refractivity contribution in [1.82, 2.24) is 14.9 Å². The molecule has 24 heavy (non-hydrogen) atoms. The third kappa shape index (κ3) is 5.07. The maximum Gasteiger partial charge on any atom is 0.0922 e. The standard InChI is InChI=1S/C19H27ClN4/c20-18-7-5-17(6-8-18)12-24(13-19-10-22-14-23-19)11-16-3-1-15(9-21)2-4-16/h5-8,10,14-16H,1-4,9,11-13,21H2,(H,22,23). The number of aromatic amines is 1. The van der Waals surface area contributed by atoms with E-state index >= 15 is 0 Å². The SMILES string of the molecule is NCC1CCC(CN(Cc2ccc(Cl)cc2)Cc2cnc[nH]2)CC1. The van der Waals surface area contributed by atoms with E-state index in [9.17, 15) is 0 Å². The molecule has 5 heteroatoms. The van der Waals surface area contributed by atoms with Crippen LogP contribution < -0.4 is 5.73 Å². The lowest BCUT2D eigenvalue weighted by Crippen LogP contribution is -2.32. The van der Waals surface area contributed by atoms with Crippen LogP contribution in [0.4, 0.5) is 0 Å². The van der Waals surface area contributed by atoms with E-state index in [1.54, 1.807) is 6.33 Å². The molecule has 1 aliphatic carbocycles. The molecule has 0 atom stereocenters. The van der Waals surface area contributed by atoms with Crippen molar-refractivity contribution in [2.24, 2.45) is 17.6 Å². The third-order valence-corrected chi connectivity index (χ3v) is 5.34. The van der Waals surface area contributed by atoms with Crippen LogP contribution in [0, 0.1) is 11.8 Å². The van der Waals surface area contributed by atoms with Crippen molar-refractivity contribution in [3.63, 3.8) is 0 Å². The van der Waals surface area contributed by atoms with Gasteiger partial charge in [-0.05, 0) is 61.8 Å². The molecule has 1 aliphatic rings. The van der Waals surface area contributed by atoms with Crippen molar-refractivity contribution in [3.8, 4) is 0 Å². The summed E-state index contributed by atoms with van der Waals surface area (Å²) in [5.41, 5.74) is 8.29. The first kappa shape index (κ1) is 17.5. The first-order valence-corrected chi connectivity index (χ1v) is 9.25. The lowest BCUT2D eigenvalue weighted by atomic mass is 9.82. The molecule has 3 rings (SSSR count). The van der Waals surface area contributed by atoms with Crippen LogP contribution in [0.25, 0.3) is 0 Å². The number of nitrogens with two attached hydrogens (primary N) is 1. The molecule has 1 heterocycles. The van der Waals surface area contributed by atoms with E-state index in [1.807, 2.05) is 18.3 Å². The van der Waals surface area contributed by atoms with Crippen molar-refractivity contribution in [3.05, 3.63) is 53.1 Å². The van der Waals surface area contributed by atoms with Crippen LogP contribution in [0.5, 0.6) is 0 Å². The number of imidazole rings is 1. The van der Waals surface area contributed by atoms with Gasteiger partial charge in [-0.1, -0.05) is 23.7 Å². The summed E-state index contributed by atoms with van der Waals surface area (Å²) in [6.45, 7) is 3.81. The van der Waals surface area contributed by atoms with E-state index in [1.165, 1.54) is 36.9 Å². The zero-order valence-corrected chi connectivity index (χ0v) is 14.9. The normalized spacial score (nSPS) is 21.3. The summed E-state index contributed by atoms with van der Waals surface area (Å²) in [5, 5.41) is 0.791. The van der Waals surface area contributed by atoms with Crippen LogP contribution in [-0.2, 0) is 13.1 Å². The van der Waals surface area contributed by atoms with Crippen molar-refractivity contribution in [2.75, 3.05) is 13.1 Å². The van der Waals surface area contributed by atoms with E-state index < -0.39 is 0 Å². The fourth-order valence-corrected chi connectivity index (χ4v) is 3.79. The summed E-state index contributed by atoms with van der Waals surface area (Å²) in [6, 6.07) is 8.18. The lowest BCUT2D eigenvalue weighted by Gasteiger charge is -2.32. The molecule has 130 valence electrons. The fourth-order valence-electron chi connectivity index (χ4n) is 3.66. The molecule has 0 aliphatic heterocycles. The molecule has 1 aromatic carbocycles. The molecular formula is C19H27ClN4. The van der Waals surface area contributed by atoms with Gasteiger partial charge in [0.1, 0.15) is 0 Å². The van der Waals surface area contributed by atoms with Crippen molar-refractivity contribution < 1.29 is 0 Å². The minimum atomic E-state index is 0.735. The molecule has 0 spiro atoms. The summed E-state index contributed by atoms with van der Waals surface area (Å²) >= 11 is 6.01. The first-order valence-electron chi connectivity index (χ1n) is 8.87. The highest BCUT2D eigenvalue weighted by atomic mass is 35.5. The molecule has 0 saturated heterocycles. The molecule has 0 unspecified atom stereocenters. The highest BCUT2D eigenvalue weighted by molar-refractivity contribution is 6.30. The summed E-state index contributed by atoms with van der Waals surface area (Å²) in [7, 11) is 0. The number of hydrogen-bond donors (Lipinski definition) is 2. The summed E-state index contributed by atoms with van der Waals surface area (Å²) in [4.78, 5) is 9.89. The van der Waals surface area contributed by atoms with Gasteiger partial charge in [0.05, 0.1) is 6.33 Å². The van der Waals surface area contributed by atoms with Gasteiger partial charge in [-0.15, -0.1) is 0 Å². The molecule has 1 fully saturated rings. The Morgan fingerprint density at radius 2 is 1.79 bits per heavy atom. The zero-order chi connectivity index (χ0) is 16.8. The number of nitrogens with one attached hydrogen (secondary N) is 1. The Balaban J connectivity index is 1.62. The van der Waals surface area contributed by atoms with Crippen LogP contribution in [0.3, 0.4) is 0 Å². The van der Waals surface area contributed by atoms with Gasteiger partial charge >= 0.3 is 0 Å². The highest BCUT2D eigenvalue weighted by Crippen LogP contribution is 2.29. The van der Waals surface area contributed by atoms with Gasteiger partial charge in [-0.3, -0.25) is 4.90 Å². The van der Waals surface area contributed by atoms with Crippen molar-refractivity contribution in [2.45, 2.75) is 38.8 Å². The molecule has 0 bridgehead atoms. The Hall–Kier alpha value is -1.36. The fraction of sp³-hybridized carbons (Fsp3) is 0.526. The van der Waals surface area contributed by atoms with Gasteiger partial charge < -0.3 is 10.7 Å². The van der Waals surface area contributed by atoms with Crippen LogP contribution in [0.1, 0.15) is 36.9 Å². The van der Waals surface area contributed by atoms with Crippen LogP contribution in [-0.4, -0.2) is 28.0 Å². The van der Waals surface area contributed by atoms with Crippen LogP contribution in [0.15, 0.2) is 36.8 Å². The average molecular weight is 347 g/mol. The zero-order valence-electron chi connectivity index (χ0n) is 14.1. The van der Waals surface area contributed by atoms with Gasteiger partial charge in [0.2, 0.25) is 0 Å². The Morgan fingerprint density at radius 3 is 2.42 bits per heavy atom. The number of rotatable bonds is 7. The quantitative estimate of drug-likeness (QED) is 0.801. The predicted octanol–water partition coefficient (Wildman–Crippen LogP) is 3.83. The van der Waals surface area contributed by atoms with Crippen LogP contribution >= 0.6 is 11.6 Å². The maximum absolute atomic E-state index is 6.01. The summed E-state index contributed by atoms with van der Waals surface area (Å²) in [6.07, 6.45) is 8.81. The molecular weight excluding hydrogens is 320 g/mol. The number of H-pyrrole nitrogens is 1. The average Bonchev–Trinajstić information content (AvgIpc) is 3.10. The third-order valence-electron chi connectivity index (χ3n) is 5.08. The number of benzene rings is 1. The molecule has 1 aromatic heterocycles. The van der Waals surface area contributed by atoms with Gasteiger partial charge in [0, 0.05) is 36.5 Å². The largest absolute Gasteiger partial charge is 0.347 e. The number of hydrogen-bond acceptors (Lipinski definition) is 3. The first-order chi connectivity index (χ1) is 11.7. The van der Waals surface area contributed by atoms with E-state index in [4.69, 9.17) is 17.3 Å². The van der Waals surface area contributed by atoms with Crippen LogP contribution in [0.2, 0.25) is 5.02 Å². The van der Waals surface area contributed by atoms with Gasteiger partial charge in [0.25, 0.3) is 0 Å². The Bertz CT molecular complexity index is 588. The Labute approximate surface area is 149 Å². The number of halogens is 1. The van der Waals surface area contributed by atoms with Crippen molar-refractivity contribution in [1.29, 1.82) is 0 Å². The second-order valence-corrected chi connectivity index (χ2v) is 7.43. The van der Waals surface area contributed by atoms with E-state index in [0.29, 0.717) is 0 Å². The van der Waals surface area contributed by atoms with E-state index in [0.717, 1.165) is 43.0 Å². The second kappa shape index (κ2) is 8.65. The minimum absolute atomic E-state index is 0.735.